The maximum atomic E-state index is 5.98. The molecule has 1 aromatic heterocycles. The van der Waals surface area contributed by atoms with Crippen LogP contribution in [0.3, 0.4) is 0 Å². The molecule has 1 aliphatic heterocycles. The number of aliphatic imine (C=N–C) groups is 1. The lowest BCUT2D eigenvalue weighted by molar-refractivity contribution is -0.0324. The van der Waals surface area contributed by atoms with Gasteiger partial charge >= 0.3 is 0 Å². The van der Waals surface area contributed by atoms with Crippen LogP contribution in [-0.4, -0.2) is 84.7 Å². The van der Waals surface area contributed by atoms with Gasteiger partial charge in [0.25, 0.3) is 0 Å². The lowest BCUT2D eigenvalue weighted by atomic mass is 10.1. The molecule has 9 heteroatoms. The Morgan fingerprint density at radius 1 is 1.28 bits per heavy atom. The lowest BCUT2D eigenvalue weighted by Gasteiger charge is -2.34. The van der Waals surface area contributed by atoms with Gasteiger partial charge in [-0.25, -0.2) is 4.99 Å². The fourth-order valence-electron chi connectivity index (χ4n) is 3.65. The zero-order valence-corrected chi connectivity index (χ0v) is 20.1. The number of aryl methyl sites for hydroxylation is 1. The summed E-state index contributed by atoms with van der Waals surface area (Å²) in [5.41, 5.74) is 1.23. The second kappa shape index (κ2) is 11.8. The molecule has 1 aliphatic rings. The van der Waals surface area contributed by atoms with Gasteiger partial charge in [0.2, 0.25) is 0 Å². The Kier molecular flexibility index (Phi) is 8.87. The van der Waals surface area contributed by atoms with E-state index in [1.54, 1.807) is 0 Å². The predicted molar refractivity (Wildman–Crippen MR) is 129 cm³/mol. The monoisotopic (exact) mass is 442 g/mol. The number of para-hydroxylation sites is 1. The number of hydrogen-bond donors (Lipinski definition) is 2. The van der Waals surface area contributed by atoms with Crippen molar-refractivity contribution in [2.45, 2.75) is 39.0 Å². The van der Waals surface area contributed by atoms with Crippen molar-refractivity contribution in [3.05, 3.63) is 42.0 Å². The van der Waals surface area contributed by atoms with E-state index in [2.05, 4.69) is 75.9 Å². The van der Waals surface area contributed by atoms with Crippen LogP contribution in [0, 0.1) is 6.92 Å². The summed E-state index contributed by atoms with van der Waals surface area (Å²) in [6.45, 7) is 8.98. The molecular weight excluding hydrogens is 404 g/mol. The number of guanidine groups is 1. The summed E-state index contributed by atoms with van der Waals surface area (Å²) in [4.78, 5) is 9.36. The van der Waals surface area contributed by atoms with Crippen LogP contribution in [0.15, 0.2) is 35.3 Å². The lowest BCUT2D eigenvalue weighted by Crippen LogP contribution is -2.53. The van der Waals surface area contributed by atoms with Gasteiger partial charge in [0, 0.05) is 46.0 Å². The Morgan fingerprint density at radius 3 is 2.75 bits per heavy atom. The van der Waals surface area contributed by atoms with E-state index in [1.165, 1.54) is 5.69 Å². The molecular formula is C23H38N8O. The minimum Gasteiger partial charge on any atom is -0.375 e. The van der Waals surface area contributed by atoms with Gasteiger partial charge in [0.05, 0.1) is 18.8 Å². The average molecular weight is 443 g/mol. The normalized spacial score (nSPS) is 18.4. The van der Waals surface area contributed by atoms with Gasteiger partial charge in [-0.05, 0) is 39.4 Å². The number of anilines is 1. The Hall–Kier alpha value is -2.65. The van der Waals surface area contributed by atoms with Gasteiger partial charge in [-0.1, -0.05) is 18.2 Å². The third-order valence-corrected chi connectivity index (χ3v) is 5.94. The van der Waals surface area contributed by atoms with Crippen LogP contribution in [0.25, 0.3) is 0 Å². The molecule has 0 aliphatic carbocycles. The predicted octanol–water partition coefficient (Wildman–Crippen LogP) is 1.40. The van der Waals surface area contributed by atoms with E-state index >= 15 is 0 Å². The first-order chi connectivity index (χ1) is 15.4. The van der Waals surface area contributed by atoms with E-state index in [0.717, 1.165) is 56.8 Å². The minimum atomic E-state index is 0.127. The molecule has 32 heavy (non-hydrogen) atoms. The Bertz CT molecular complexity index is 853. The van der Waals surface area contributed by atoms with Crippen molar-refractivity contribution < 1.29 is 4.74 Å². The number of aromatic nitrogens is 3. The molecule has 1 saturated heterocycles. The molecule has 0 saturated carbocycles. The van der Waals surface area contributed by atoms with E-state index in [-0.39, 0.29) is 12.1 Å². The van der Waals surface area contributed by atoms with E-state index in [9.17, 15) is 0 Å². The number of hydrogen-bond acceptors (Lipinski definition) is 6. The van der Waals surface area contributed by atoms with Crippen LogP contribution in [0.4, 0.5) is 5.69 Å². The first-order valence-corrected chi connectivity index (χ1v) is 11.4. The van der Waals surface area contributed by atoms with Crippen LogP contribution in [0.1, 0.15) is 25.0 Å². The molecule has 1 fully saturated rings. The Labute approximate surface area is 191 Å². The van der Waals surface area contributed by atoms with Crippen molar-refractivity contribution in [3.63, 3.8) is 0 Å². The maximum Gasteiger partial charge on any atom is 0.192 e. The van der Waals surface area contributed by atoms with E-state index in [4.69, 9.17) is 9.73 Å². The average Bonchev–Trinajstić information content (AvgIpc) is 3.12. The number of likely N-dealkylation sites (N-methyl/N-ethyl adjacent to an activating group) is 1. The molecule has 1 aromatic carbocycles. The molecule has 176 valence electrons. The van der Waals surface area contributed by atoms with Gasteiger partial charge in [-0.15, -0.1) is 10.2 Å². The molecule has 2 unspecified atom stereocenters. The smallest absolute Gasteiger partial charge is 0.192 e. The first kappa shape index (κ1) is 24.0. The molecule has 0 radical (unpaired) electrons. The summed E-state index contributed by atoms with van der Waals surface area (Å²) in [6, 6.07) is 10.6. The molecule has 2 aromatic rings. The molecule has 2 heterocycles. The van der Waals surface area contributed by atoms with Gasteiger partial charge in [0.15, 0.2) is 11.8 Å². The minimum absolute atomic E-state index is 0.127. The van der Waals surface area contributed by atoms with Crippen LogP contribution in [-0.2, 0) is 18.3 Å². The zero-order chi connectivity index (χ0) is 22.9. The Morgan fingerprint density at radius 2 is 2.06 bits per heavy atom. The van der Waals surface area contributed by atoms with Crippen LogP contribution in [0.2, 0.25) is 0 Å². The number of nitrogens with zero attached hydrogens (tertiary/aromatic N) is 6. The molecule has 3 rings (SSSR count). The Balaban J connectivity index is 1.56. The number of nitrogens with one attached hydrogen (secondary N) is 2. The van der Waals surface area contributed by atoms with Crippen molar-refractivity contribution in [3.8, 4) is 0 Å². The third kappa shape index (κ3) is 6.93. The molecule has 0 spiro atoms. The van der Waals surface area contributed by atoms with E-state index < -0.39 is 0 Å². The zero-order valence-electron chi connectivity index (χ0n) is 20.1. The fraction of sp³-hybridized carbons (Fsp3) is 0.609. The fourth-order valence-corrected chi connectivity index (χ4v) is 3.65. The van der Waals surface area contributed by atoms with E-state index in [1.807, 2.05) is 24.6 Å². The second-order valence-corrected chi connectivity index (χ2v) is 8.53. The summed E-state index contributed by atoms with van der Waals surface area (Å²) in [5.74, 6) is 2.50. The third-order valence-electron chi connectivity index (χ3n) is 5.94. The van der Waals surface area contributed by atoms with Crippen molar-refractivity contribution >= 4 is 11.6 Å². The van der Waals surface area contributed by atoms with Crippen LogP contribution < -0.4 is 15.5 Å². The van der Waals surface area contributed by atoms with Crippen LogP contribution in [0.5, 0.6) is 0 Å². The van der Waals surface area contributed by atoms with Gasteiger partial charge in [-0.2, -0.15) is 0 Å². The van der Waals surface area contributed by atoms with Gasteiger partial charge < -0.3 is 29.7 Å². The van der Waals surface area contributed by atoms with Crippen molar-refractivity contribution in [2.75, 3.05) is 51.8 Å². The highest BCUT2D eigenvalue weighted by molar-refractivity contribution is 5.80. The quantitative estimate of drug-likeness (QED) is 0.345. The van der Waals surface area contributed by atoms with Crippen LogP contribution >= 0.6 is 0 Å². The maximum absolute atomic E-state index is 5.98. The van der Waals surface area contributed by atoms with Crippen molar-refractivity contribution in [1.29, 1.82) is 0 Å². The summed E-state index contributed by atoms with van der Waals surface area (Å²) >= 11 is 0. The highest BCUT2D eigenvalue weighted by Gasteiger charge is 2.24. The molecule has 2 N–H and O–H groups in total. The summed E-state index contributed by atoms with van der Waals surface area (Å²) in [7, 11) is 6.22. The van der Waals surface area contributed by atoms with E-state index in [0.29, 0.717) is 6.54 Å². The summed E-state index contributed by atoms with van der Waals surface area (Å²) in [6.07, 6.45) is 1.12. The number of morpholine rings is 1. The highest BCUT2D eigenvalue weighted by atomic mass is 16.5. The SMILES string of the molecule is Cc1nnc(CN=C(NCCCN(C)c2ccccc2)NC(C)C2CN(C)CCO2)n1C. The molecule has 9 nitrogen and oxygen atoms in total. The highest BCUT2D eigenvalue weighted by Crippen LogP contribution is 2.11. The number of rotatable bonds is 9. The first-order valence-electron chi connectivity index (χ1n) is 11.4. The molecule has 2 atom stereocenters. The number of benzene rings is 1. The van der Waals surface area contributed by atoms with Gasteiger partial charge in [0.1, 0.15) is 12.4 Å². The summed E-state index contributed by atoms with van der Waals surface area (Å²) in [5, 5.41) is 15.4. The standard InChI is InChI=1S/C23H38N8O/c1-18(21-17-29(3)14-15-32-21)26-23(25-16-22-28-27-19(2)31(22)5)24-12-9-13-30(4)20-10-7-6-8-11-20/h6-8,10-11,18,21H,9,12-17H2,1-5H3,(H2,24,25,26). The molecule has 0 amide bonds. The van der Waals surface area contributed by atoms with Gasteiger partial charge in [-0.3, -0.25) is 0 Å². The topological polar surface area (TPSA) is 82.8 Å². The largest absolute Gasteiger partial charge is 0.375 e. The van der Waals surface area contributed by atoms with Crippen molar-refractivity contribution in [1.82, 2.24) is 30.3 Å². The molecule has 0 bridgehead atoms. The van der Waals surface area contributed by atoms with Crippen molar-refractivity contribution in [2.24, 2.45) is 12.0 Å². The summed E-state index contributed by atoms with van der Waals surface area (Å²) < 4.78 is 7.95. The second-order valence-electron chi connectivity index (χ2n) is 8.53. The number of ether oxygens (including phenoxy) is 1.